The SMILES string of the molecule is CCCCOCCNc1nc(C(C)C)nc(NN)c1C. The lowest BCUT2D eigenvalue weighted by Crippen LogP contribution is -2.17. The van der Waals surface area contributed by atoms with Crippen LogP contribution in [0.3, 0.4) is 0 Å². The van der Waals surface area contributed by atoms with Crippen molar-refractivity contribution >= 4 is 11.6 Å². The molecule has 114 valence electrons. The molecule has 0 fully saturated rings. The lowest BCUT2D eigenvalue weighted by Gasteiger charge is -2.15. The van der Waals surface area contributed by atoms with E-state index in [2.05, 4.69) is 41.5 Å². The van der Waals surface area contributed by atoms with Gasteiger partial charge in [-0.2, -0.15) is 0 Å². The van der Waals surface area contributed by atoms with Crippen molar-refractivity contribution in [3.05, 3.63) is 11.4 Å². The van der Waals surface area contributed by atoms with Gasteiger partial charge in [-0.05, 0) is 13.3 Å². The van der Waals surface area contributed by atoms with Crippen LogP contribution in [-0.2, 0) is 4.74 Å². The standard InChI is InChI=1S/C14H27N5O/c1-5-6-8-20-9-7-16-13-11(4)14(19-15)18-12(17-13)10(2)3/h10H,5-9,15H2,1-4H3,(H2,16,17,18,19). The lowest BCUT2D eigenvalue weighted by molar-refractivity contribution is 0.141. The van der Waals surface area contributed by atoms with Crippen LogP contribution in [0.25, 0.3) is 0 Å². The quantitative estimate of drug-likeness (QED) is 0.366. The number of nitrogens with two attached hydrogens (primary N) is 1. The summed E-state index contributed by atoms with van der Waals surface area (Å²) in [6, 6.07) is 0. The van der Waals surface area contributed by atoms with Gasteiger partial charge in [0.15, 0.2) is 0 Å². The predicted molar refractivity (Wildman–Crippen MR) is 82.9 cm³/mol. The topological polar surface area (TPSA) is 85.1 Å². The lowest BCUT2D eigenvalue weighted by atomic mass is 10.2. The Morgan fingerprint density at radius 2 is 1.90 bits per heavy atom. The second kappa shape index (κ2) is 8.71. The van der Waals surface area contributed by atoms with E-state index in [9.17, 15) is 0 Å². The Balaban J connectivity index is 2.61. The zero-order valence-corrected chi connectivity index (χ0v) is 13.0. The van der Waals surface area contributed by atoms with E-state index in [4.69, 9.17) is 10.6 Å². The summed E-state index contributed by atoms with van der Waals surface area (Å²) < 4.78 is 5.52. The molecule has 6 heteroatoms. The predicted octanol–water partition coefficient (Wildman–Crippen LogP) is 2.42. The number of hydrazine groups is 1. The maximum absolute atomic E-state index is 5.52. The van der Waals surface area contributed by atoms with Crippen molar-refractivity contribution in [2.24, 2.45) is 5.84 Å². The van der Waals surface area contributed by atoms with E-state index < -0.39 is 0 Å². The minimum absolute atomic E-state index is 0.254. The molecule has 20 heavy (non-hydrogen) atoms. The zero-order valence-electron chi connectivity index (χ0n) is 13.0. The zero-order chi connectivity index (χ0) is 15.0. The molecular formula is C14H27N5O. The molecule has 0 aliphatic heterocycles. The Morgan fingerprint density at radius 3 is 2.50 bits per heavy atom. The number of nitrogen functional groups attached to an aromatic ring is 1. The summed E-state index contributed by atoms with van der Waals surface area (Å²) in [4.78, 5) is 8.94. The fourth-order valence-corrected chi connectivity index (χ4v) is 1.69. The third kappa shape index (κ3) is 4.94. The second-order valence-corrected chi connectivity index (χ2v) is 5.10. The molecule has 0 radical (unpaired) electrons. The Kier molecular flexibility index (Phi) is 7.25. The third-order valence-electron chi connectivity index (χ3n) is 3.00. The van der Waals surface area contributed by atoms with Crippen LogP contribution in [0.15, 0.2) is 0 Å². The number of unbranched alkanes of at least 4 members (excludes halogenated alkanes) is 1. The summed E-state index contributed by atoms with van der Waals surface area (Å²) >= 11 is 0. The van der Waals surface area contributed by atoms with Gasteiger partial charge in [0.2, 0.25) is 0 Å². The van der Waals surface area contributed by atoms with Crippen LogP contribution in [-0.4, -0.2) is 29.7 Å². The molecule has 0 saturated carbocycles. The van der Waals surface area contributed by atoms with Gasteiger partial charge in [0.25, 0.3) is 0 Å². The van der Waals surface area contributed by atoms with Crippen molar-refractivity contribution in [1.82, 2.24) is 9.97 Å². The average Bonchev–Trinajstić information content (AvgIpc) is 2.44. The highest BCUT2D eigenvalue weighted by Gasteiger charge is 2.12. The van der Waals surface area contributed by atoms with Gasteiger partial charge in [-0.1, -0.05) is 27.2 Å². The molecule has 0 aliphatic carbocycles. The van der Waals surface area contributed by atoms with Crippen molar-refractivity contribution in [2.75, 3.05) is 30.5 Å². The number of rotatable bonds is 9. The van der Waals surface area contributed by atoms with Crippen molar-refractivity contribution in [2.45, 2.75) is 46.5 Å². The van der Waals surface area contributed by atoms with Crippen LogP contribution < -0.4 is 16.6 Å². The second-order valence-electron chi connectivity index (χ2n) is 5.10. The number of nitrogens with one attached hydrogen (secondary N) is 2. The van der Waals surface area contributed by atoms with Gasteiger partial charge < -0.3 is 15.5 Å². The number of ether oxygens (including phenoxy) is 1. The van der Waals surface area contributed by atoms with E-state index in [-0.39, 0.29) is 5.92 Å². The normalized spacial score (nSPS) is 10.9. The summed E-state index contributed by atoms with van der Waals surface area (Å²) in [5.41, 5.74) is 3.55. The summed E-state index contributed by atoms with van der Waals surface area (Å²) in [5, 5.41) is 3.29. The highest BCUT2D eigenvalue weighted by atomic mass is 16.5. The molecule has 0 saturated heterocycles. The van der Waals surface area contributed by atoms with E-state index in [0.717, 1.165) is 43.2 Å². The Bertz CT molecular complexity index is 409. The first kappa shape index (κ1) is 16.7. The van der Waals surface area contributed by atoms with Crippen molar-refractivity contribution in [3.8, 4) is 0 Å². The van der Waals surface area contributed by atoms with E-state index in [1.165, 1.54) is 0 Å². The molecule has 1 rings (SSSR count). The highest BCUT2D eigenvalue weighted by molar-refractivity contribution is 5.56. The Hall–Kier alpha value is -1.40. The first-order valence-corrected chi connectivity index (χ1v) is 7.26. The molecule has 1 aromatic rings. The molecule has 0 amide bonds. The summed E-state index contributed by atoms with van der Waals surface area (Å²) in [5.74, 6) is 8.02. The summed E-state index contributed by atoms with van der Waals surface area (Å²) in [7, 11) is 0. The minimum Gasteiger partial charge on any atom is -0.380 e. The number of aromatic nitrogens is 2. The van der Waals surface area contributed by atoms with Crippen LogP contribution in [0.1, 0.15) is 50.9 Å². The van der Waals surface area contributed by atoms with E-state index >= 15 is 0 Å². The fraction of sp³-hybridized carbons (Fsp3) is 0.714. The molecule has 0 bridgehead atoms. The van der Waals surface area contributed by atoms with Crippen molar-refractivity contribution in [3.63, 3.8) is 0 Å². The molecule has 0 aliphatic rings. The maximum Gasteiger partial charge on any atom is 0.148 e. The van der Waals surface area contributed by atoms with Gasteiger partial charge in [0.05, 0.1) is 6.61 Å². The highest BCUT2D eigenvalue weighted by Crippen LogP contribution is 2.22. The largest absolute Gasteiger partial charge is 0.380 e. The molecule has 1 heterocycles. The molecule has 0 spiro atoms. The first-order chi connectivity index (χ1) is 9.60. The number of anilines is 2. The van der Waals surface area contributed by atoms with Crippen LogP contribution in [0.5, 0.6) is 0 Å². The van der Waals surface area contributed by atoms with Crippen LogP contribution in [0.2, 0.25) is 0 Å². The van der Waals surface area contributed by atoms with Crippen molar-refractivity contribution in [1.29, 1.82) is 0 Å². The van der Waals surface area contributed by atoms with Gasteiger partial charge in [-0.25, -0.2) is 15.8 Å². The van der Waals surface area contributed by atoms with E-state index in [1.807, 2.05) is 6.92 Å². The van der Waals surface area contributed by atoms with Crippen LogP contribution in [0, 0.1) is 6.92 Å². The molecule has 0 aromatic carbocycles. The smallest absolute Gasteiger partial charge is 0.148 e. The first-order valence-electron chi connectivity index (χ1n) is 7.26. The molecule has 4 N–H and O–H groups in total. The molecular weight excluding hydrogens is 254 g/mol. The summed E-state index contributed by atoms with van der Waals surface area (Å²) in [6.45, 7) is 10.4. The molecule has 0 unspecified atom stereocenters. The van der Waals surface area contributed by atoms with E-state index in [1.54, 1.807) is 0 Å². The van der Waals surface area contributed by atoms with Gasteiger partial charge in [-0.15, -0.1) is 0 Å². The minimum atomic E-state index is 0.254. The van der Waals surface area contributed by atoms with Crippen LogP contribution in [0.4, 0.5) is 11.6 Å². The number of nitrogens with zero attached hydrogens (tertiary/aromatic N) is 2. The maximum atomic E-state index is 5.52. The third-order valence-corrected chi connectivity index (χ3v) is 3.00. The Labute approximate surface area is 121 Å². The van der Waals surface area contributed by atoms with E-state index in [0.29, 0.717) is 12.4 Å². The van der Waals surface area contributed by atoms with Gasteiger partial charge in [-0.3, -0.25) is 0 Å². The number of hydrogen-bond donors (Lipinski definition) is 3. The van der Waals surface area contributed by atoms with Gasteiger partial charge in [0, 0.05) is 24.6 Å². The van der Waals surface area contributed by atoms with Gasteiger partial charge in [0.1, 0.15) is 17.5 Å². The molecule has 0 atom stereocenters. The fourth-order valence-electron chi connectivity index (χ4n) is 1.69. The van der Waals surface area contributed by atoms with Crippen molar-refractivity contribution < 1.29 is 4.74 Å². The van der Waals surface area contributed by atoms with Crippen LogP contribution >= 0.6 is 0 Å². The monoisotopic (exact) mass is 281 g/mol. The van der Waals surface area contributed by atoms with Gasteiger partial charge >= 0.3 is 0 Å². The molecule has 6 nitrogen and oxygen atoms in total. The molecule has 1 aromatic heterocycles. The Morgan fingerprint density at radius 1 is 1.20 bits per heavy atom. The summed E-state index contributed by atoms with van der Waals surface area (Å²) in [6.07, 6.45) is 2.26. The average molecular weight is 281 g/mol. The number of hydrogen-bond acceptors (Lipinski definition) is 6.